The molecule has 3 nitrogen and oxygen atoms in total. The number of rotatable bonds is 4. The molecule has 0 N–H and O–H groups in total. The van der Waals surface area contributed by atoms with E-state index in [2.05, 4.69) is 53.4 Å². The molecule has 3 heteroatoms. The maximum absolute atomic E-state index is 5.79. The van der Waals surface area contributed by atoms with Gasteiger partial charge < -0.3 is 0 Å². The third-order valence-electron chi connectivity index (χ3n) is 5.20. The summed E-state index contributed by atoms with van der Waals surface area (Å²) in [6.07, 6.45) is 6.47. The number of nitrogens with zero attached hydrogens (tertiary/aromatic N) is 1. The van der Waals surface area contributed by atoms with E-state index in [9.17, 15) is 0 Å². The summed E-state index contributed by atoms with van der Waals surface area (Å²) in [5.41, 5.74) is 2.32. The summed E-state index contributed by atoms with van der Waals surface area (Å²) in [6, 6.07) is 20.8. The van der Waals surface area contributed by atoms with Gasteiger partial charge in [-0.1, -0.05) is 79.9 Å². The first kappa shape index (κ1) is 15.8. The van der Waals surface area contributed by atoms with Crippen LogP contribution in [0.5, 0.6) is 0 Å². The second-order valence-corrected chi connectivity index (χ2v) is 6.92. The van der Waals surface area contributed by atoms with E-state index in [0.29, 0.717) is 0 Å². The Morgan fingerprint density at radius 2 is 1.21 bits per heavy atom. The standard InChI is InChI=1S/C21H25NO2/c1-4-10-17(11-5-1)16-22-20(18-12-6-2-7-13-18)23-24-21(22)19-14-8-3-9-15-19/h2-3,6-9,12-15,17,20-21H,1,4-5,10-11,16H2. The van der Waals surface area contributed by atoms with Gasteiger partial charge in [0.1, 0.15) is 0 Å². The van der Waals surface area contributed by atoms with Gasteiger partial charge in [-0.25, -0.2) is 14.7 Å². The summed E-state index contributed by atoms with van der Waals surface area (Å²) in [7, 11) is 0. The highest BCUT2D eigenvalue weighted by atomic mass is 17.2. The van der Waals surface area contributed by atoms with E-state index in [4.69, 9.17) is 9.78 Å². The van der Waals surface area contributed by atoms with Crippen LogP contribution >= 0.6 is 0 Å². The molecule has 0 spiro atoms. The van der Waals surface area contributed by atoms with E-state index in [1.54, 1.807) is 0 Å². The molecule has 1 aliphatic carbocycles. The van der Waals surface area contributed by atoms with Gasteiger partial charge in [-0.15, -0.1) is 0 Å². The van der Waals surface area contributed by atoms with Crippen molar-refractivity contribution in [3.8, 4) is 0 Å². The summed E-state index contributed by atoms with van der Waals surface area (Å²) in [4.78, 5) is 14.0. The fraction of sp³-hybridized carbons (Fsp3) is 0.429. The van der Waals surface area contributed by atoms with Crippen molar-refractivity contribution < 1.29 is 9.78 Å². The predicted molar refractivity (Wildman–Crippen MR) is 93.8 cm³/mol. The molecule has 1 saturated carbocycles. The molecule has 1 aliphatic heterocycles. The van der Waals surface area contributed by atoms with Crippen LogP contribution in [0.2, 0.25) is 0 Å². The van der Waals surface area contributed by atoms with Crippen LogP contribution in [0.1, 0.15) is 55.7 Å². The van der Waals surface area contributed by atoms with Crippen LogP contribution in [-0.2, 0) is 9.78 Å². The molecule has 2 aromatic rings. The summed E-state index contributed by atoms with van der Waals surface area (Å²) < 4.78 is 0. The Bertz CT molecular complexity index is 577. The number of benzene rings is 2. The average Bonchev–Trinajstić information content (AvgIpc) is 3.07. The molecule has 1 saturated heterocycles. The fourth-order valence-electron chi connectivity index (χ4n) is 3.93. The molecule has 126 valence electrons. The van der Waals surface area contributed by atoms with Crippen LogP contribution in [-0.4, -0.2) is 11.4 Å². The second kappa shape index (κ2) is 7.47. The lowest BCUT2D eigenvalue weighted by Crippen LogP contribution is -2.33. The molecule has 2 atom stereocenters. The second-order valence-electron chi connectivity index (χ2n) is 6.92. The summed E-state index contributed by atoms with van der Waals surface area (Å²) in [5.74, 6) is 0.737. The Morgan fingerprint density at radius 1 is 0.708 bits per heavy atom. The van der Waals surface area contributed by atoms with Crippen LogP contribution in [0.3, 0.4) is 0 Å². The van der Waals surface area contributed by atoms with Gasteiger partial charge in [0.05, 0.1) is 0 Å². The van der Waals surface area contributed by atoms with E-state index in [-0.39, 0.29) is 12.5 Å². The predicted octanol–water partition coefficient (Wildman–Crippen LogP) is 5.23. The molecule has 0 bridgehead atoms. The Morgan fingerprint density at radius 3 is 1.71 bits per heavy atom. The first-order valence-electron chi connectivity index (χ1n) is 9.09. The number of hydrogen-bond donors (Lipinski definition) is 0. The van der Waals surface area contributed by atoms with Gasteiger partial charge in [-0.3, -0.25) is 0 Å². The van der Waals surface area contributed by atoms with Crippen LogP contribution in [0.25, 0.3) is 0 Å². The van der Waals surface area contributed by atoms with Gasteiger partial charge >= 0.3 is 0 Å². The minimum atomic E-state index is -0.127. The first-order chi connectivity index (χ1) is 11.9. The molecule has 2 unspecified atom stereocenters. The van der Waals surface area contributed by atoms with Crippen molar-refractivity contribution in [2.45, 2.75) is 44.6 Å². The summed E-state index contributed by atoms with van der Waals surface area (Å²) >= 11 is 0. The number of hydrogen-bond acceptors (Lipinski definition) is 3. The molecule has 2 aromatic carbocycles. The first-order valence-corrected chi connectivity index (χ1v) is 9.09. The van der Waals surface area contributed by atoms with Crippen molar-refractivity contribution >= 4 is 0 Å². The lowest BCUT2D eigenvalue weighted by Gasteiger charge is -2.31. The largest absolute Gasteiger partial charge is 0.239 e. The monoisotopic (exact) mass is 323 g/mol. The molecule has 0 amide bonds. The van der Waals surface area contributed by atoms with Gasteiger partial charge in [-0.2, -0.15) is 0 Å². The van der Waals surface area contributed by atoms with Crippen molar-refractivity contribution in [3.63, 3.8) is 0 Å². The molecule has 1 heterocycles. The third kappa shape index (κ3) is 3.39. The van der Waals surface area contributed by atoms with Crippen molar-refractivity contribution in [1.82, 2.24) is 4.90 Å². The van der Waals surface area contributed by atoms with Crippen LogP contribution in [0.4, 0.5) is 0 Å². The van der Waals surface area contributed by atoms with Gasteiger partial charge in [0.2, 0.25) is 0 Å². The summed E-state index contributed by atoms with van der Waals surface area (Å²) in [5, 5.41) is 0. The zero-order valence-electron chi connectivity index (χ0n) is 14.0. The lowest BCUT2D eigenvalue weighted by atomic mass is 9.88. The Hall–Kier alpha value is -1.68. The van der Waals surface area contributed by atoms with Crippen LogP contribution in [0.15, 0.2) is 60.7 Å². The minimum Gasteiger partial charge on any atom is -0.239 e. The maximum atomic E-state index is 5.79. The van der Waals surface area contributed by atoms with Crippen LogP contribution < -0.4 is 0 Å². The summed E-state index contributed by atoms with van der Waals surface area (Å²) in [6.45, 7) is 1.03. The van der Waals surface area contributed by atoms with E-state index in [1.807, 2.05) is 12.1 Å². The average molecular weight is 323 g/mol. The smallest absolute Gasteiger partial charge is 0.174 e. The highest BCUT2D eigenvalue weighted by Gasteiger charge is 2.39. The molecule has 4 rings (SSSR count). The molecule has 2 aliphatic rings. The van der Waals surface area contributed by atoms with Gasteiger partial charge in [0.15, 0.2) is 12.5 Å². The molecular weight excluding hydrogens is 298 g/mol. The van der Waals surface area contributed by atoms with Crippen molar-refractivity contribution in [1.29, 1.82) is 0 Å². The molecule has 2 fully saturated rings. The van der Waals surface area contributed by atoms with Crippen LogP contribution in [0, 0.1) is 5.92 Å². The molecular formula is C21H25NO2. The highest BCUT2D eigenvalue weighted by molar-refractivity contribution is 5.21. The normalized spacial score (nSPS) is 25.8. The Kier molecular flexibility index (Phi) is 4.93. The Balaban J connectivity index is 1.59. The van der Waals surface area contributed by atoms with Crippen molar-refractivity contribution in [3.05, 3.63) is 71.8 Å². The van der Waals surface area contributed by atoms with Gasteiger partial charge in [-0.05, 0) is 29.9 Å². The SMILES string of the molecule is c1ccc(C2OOC(c3ccccc3)N2CC2CCCCC2)cc1. The Labute approximate surface area is 144 Å². The molecule has 24 heavy (non-hydrogen) atoms. The van der Waals surface area contributed by atoms with E-state index in [1.165, 1.54) is 32.1 Å². The fourth-order valence-corrected chi connectivity index (χ4v) is 3.93. The van der Waals surface area contributed by atoms with Gasteiger partial charge in [0, 0.05) is 6.54 Å². The van der Waals surface area contributed by atoms with Gasteiger partial charge in [0.25, 0.3) is 0 Å². The van der Waals surface area contributed by atoms with E-state index < -0.39 is 0 Å². The maximum Gasteiger partial charge on any atom is 0.174 e. The zero-order chi connectivity index (χ0) is 16.2. The molecule has 0 aromatic heterocycles. The topological polar surface area (TPSA) is 21.7 Å². The minimum absolute atomic E-state index is 0.127. The quantitative estimate of drug-likeness (QED) is 0.719. The molecule has 0 radical (unpaired) electrons. The zero-order valence-corrected chi connectivity index (χ0v) is 14.0. The van der Waals surface area contributed by atoms with Crippen molar-refractivity contribution in [2.24, 2.45) is 5.92 Å². The third-order valence-corrected chi connectivity index (χ3v) is 5.20. The highest BCUT2D eigenvalue weighted by Crippen LogP contribution is 2.41. The van der Waals surface area contributed by atoms with E-state index in [0.717, 1.165) is 23.6 Å². The van der Waals surface area contributed by atoms with E-state index >= 15 is 0 Å². The van der Waals surface area contributed by atoms with Crippen molar-refractivity contribution in [2.75, 3.05) is 6.54 Å². The lowest BCUT2D eigenvalue weighted by molar-refractivity contribution is -0.300.